The molecule has 5 heteroatoms. The van der Waals surface area contributed by atoms with Gasteiger partial charge in [-0.2, -0.15) is 5.26 Å². The fraction of sp³-hybridized carbons (Fsp3) is 0.133. The average molecular weight is 333 g/mol. The van der Waals surface area contributed by atoms with Crippen LogP contribution in [0.4, 0.5) is 5.69 Å². The highest BCUT2D eigenvalue weighted by Crippen LogP contribution is 2.27. The third-order valence-electron chi connectivity index (χ3n) is 2.75. The molecule has 102 valence electrons. The zero-order valence-electron chi connectivity index (χ0n) is 10.9. The highest BCUT2D eigenvalue weighted by Gasteiger charge is 2.06. The molecule has 0 fully saturated rings. The van der Waals surface area contributed by atoms with Crippen molar-refractivity contribution < 1.29 is 9.47 Å². The maximum Gasteiger partial charge on any atom is 0.124 e. The largest absolute Gasteiger partial charge is 0.497 e. The molecule has 4 nitrogen and oxygen atoms in total. The Morgan fingerprint density at radius 2 is 2.00 bits per heavy atom. The molecule has 0 unspecified atom stereocenters. The molecule has 0 saturated heterocycles. The van der Waals surface area contributed by atoms with Gasteiger partial charge in [-0.05, 0) is 34.1 Å². The van der Waals surface area contributed by atoms with E-state index >= 15 is 0 Å². The fourth-order valence-corrected chi connectivity index (χ4v) is 2.09. The highest BCUT2D eigenvalue weighted by molar-refractivity contribution is 9.10. The Labute approximate surface area is 125 Å². The number of nitrogens with zero attached hydrogens (tertiary/aromatic N) is 1. The fourth-order valence-electron chi connectivity index (χ4n) is 1.71. The number of halogens is 1. The van der Waals surface area contributed by atoms with Crippen LogP contribution in [-0.2, 0) is 6.61 Å². The minimum absolute atomic E-state index is 0.351. The summed E-state index contributed by atoms with van der Waals surface area (Å²) in [5, 5.41) is 8.96. The molecule has 0 aliphatic carbocycles. The second-order valence-corrected chi connectivity index (χ2v) is 4.91. The minimum atomic E-state index is 0.351. The van der Waals surface area contributed by atoms with Crippen molar-refractivity contribution in [1.29, 1.82) is 5.26 Å². The Kier molecular flexibility index (Phi) is 4.49. The average Bonchev–Trinajstić information content (AvgIpc) is 2.48. The Hall–Kier alpha value is -2.19. The number of methoxy groups -OCH3 is 1. The Bertz CT molecular complexity index is 665. The molecule has 0 atom stereocenters. The number of hydrogen-bond acceptors (Lipinski definition) is 4. The van der Waals surface area contributed by atoms with Crippen molar-refractivity contribution in [2.24, 2.45) is 0 Å². The van der Waals surface area contributed by atoms with Gasteiger partial charge in [0.1, 0.15) is 18.1 Å². The van der Waals surface area contributed by atoms with Crippen LogP contribution in [0.3, 0.4) is 0 Å². The van der Waals surface area contributed by atoms with Crippen molar-refractivity contribution >= 4 is 21.6 Å². The zero-order valence-corrected chi connectivity index (χ0v) is 12.5. The van der Waals surface area contributed by atoms with Crippen LogP contribution in [0.5, 0.6) is 11.5 Å². The van der Waals surface area contributed by atoms with E-state index < -0.39 is 0 Å². The number of benzene rings is 2. The summed E-state index contributed by atoms with van der Waals surface area (Å²) in [6.07, 6.45) is 0. The number of rotatable bonds is 4. The summed E-state index contributed by atoms with van der Waals surface area (Å²) in [7, 11) is 1.55. The molecule has 2 aromatic carbocycles. The van der Waals surface area contributed by atoms with Crippen molar-refractivity contribution in [3.8, 4) is 17.6 Å². The first-order valence-corrected chi connectivity index (χ1v) is 6.68. The maximum atomic E-state index is 8.96. The van der Waals surface area contributed by atoms with Gasteiger partial charge in [0.25, 0.3) is 0 Å². The summed E-state index contributed by atoms with van der Waals surface area (Å²) < 4.78 is 11.7. The van der Waals surface area contributed by atoms with Crippen LogP contribution in [0.25, 0.3) is 0 Å². The molecule has 0 spiro atoms. The molecule has 0 aromatic heterocycles. The molecule has 0 bridgehead atoms. The van der Waals surface area contributed by atoms with E-state index in [1.807, 2.05) is 18.2 Å². The SMILES string of the molecule is COc1cc(C#N)cc(OCc2cccc(N)c2Br)c1. The summed E-state index contributed by atoms with van der Waals surface area (Å²) in [6.45, 7) is 0.351. The Morgan fingerprint density at radius 1 is 1.25 bits per heavy atom. The van der Waals surface area contributed by atoms with Crippen LogP contribution in [0.2, 0.25) is 0 Å². The van der Waals surface area contributed by atoms with E-state index in [0.29, 0.717) is 29.4 Å². The van der Waals surface area contributed by atoms with Crippen LogP contribution in [0.15, 0.2) is 40.9 Å². The number of nitriles is 1. The van der Waals surface area contributed by atoms with Crippen LogP contribution in [0, 0.1) is 11.3 Å². The molecule has 0 radical (unpaired) electrons. The predicted molar refractivity (Wildman–Crippen MR) is 80.6 cm³/mol. The zero-order chi connectivity index (χ0) is 14.5. The minimum Gasteiger partial charge on any atom is -0.497 e. The molecule has 2 aromatic rings. The standard InChI is InChI=1S/C15H13BrN2O2/c1-19-12-5-10(8-17)6-13(7-12)20-9-11-3-2-4-14(18)15(11)16/h2-7H,9,18H2,1H3. The Balaban J connectivity index is 2.19. The molecular weight excluding hydrogens is 320 g/mol. The second kappa shape index (κ2) is 6.31. The maximum absolute atomic E-state index is 8.96. The van der Waals surface area contributed by atoms with Gasteiger partial charge >= 0.3 is 0 Å². The number of nitrogens with two attached hydrogens (primary N) is 1. The van der Waals surface area contributed by atoms with Crippen molar-refractivity contribution in [2.75, 3.05) is 12.8 Å². The second-order valence-electron chi connectivity index (χ2n) is 4.12. The lowest BCUT2D eigenvalue weighted by Crippen LogP contribution is -1.99. The van der Waals surface area contributed by atoms with Gasteiger partial charge in [0.15, 0.2) is 0 Å². The summed E-state index contributed by atoms with van der Waals surface area (Å²) in [5.41, 5.74) is 7.91. The number of nitrogen functional groups attached to an aromatic ring is 1. The van der Waals surface area contributed by atoms with Gasteiger partial charge in [0, 0.05) is 21.8 Å². The quantitative estimate of drug-likeness (QED) is 0.870. The number of ether oxygens (including phenoxy) is 2. The van der Waals surface area contributed by atoms with Gasteiger partial charge in [-0.15, -0.1) is 0 Å². The van der Waals surface area contributed by atoms with Crippen LogP contribution in [-0.4, -0.2) is 7.11 Å². The summed E-state index contributed by atoms with van der Waals surface area (Å²) in [4.78, 5) is 0. The topological polar surface area (TPSA) is 68.3 Å². The van der Waals surface area contributed by atoms with Crippen LogP contribution < -0.4 is 15.2 Å². The van der Waals surface area contributed by atoms with E-state index in [1.165, 1.54) is 0 Å². The molecule has 0 saturated carbocycles. The van der Waals surface area contributed by atoms with Gasteiger partial charge in [0.2, 0.25) is 0 Å². The summed E-state index contributed by atoms with van der Waals surface area (Å²) in [6, 6.07) is 12.7. The molecule has 2 N–H and O–H groups in total. The Morgan fingerprint density at radius 3 is 2.70 bits per heavy atom. The van der Waals surface area contributed by atoms with E-state index in [9.17, 15) is 0 Å². The van der Waals surface area contributed by atoms with Crippen molar-refractivity contribution in [1.82, 2.24) is 0 Å². The molecule has 0 amide bonds. The number of hydrogen-bond donors (Lipinski definition) is 1. The molecule has 20 heavy (non-hydrogen) atoms. The first-order valence-electron chi connectivity index (χ1n) is 5.89. The normalized spacial score (nSPS) is 9.85. The van der Waals surface area contributed by atoms with E-state index in [2.05, 4.69) is 22.0 Å². The van der Waals surface area contributed by atoms with E-state index in [1.54, 1.807) is 25.3 Å². The lowest BCUT2D eigenvalue weighted by atomic mass is 10.2. The molecule has 0 aliphatic rings. The lowest BCUT2D eigenvalue weighted by Gasteiger charge is -2.10. The predicted octanol–water partition coefficient (Wildman–Crippen LogP) is 3.49. The van der Waals surface area contributed by atoms with E-state index in [-0.39, 0.29) is 0 Å². The van der Waals surface area contributed by atoms with Gasteiger partial charge in [-0.1, -0.05) is 12.1 Å². The van der Waals surface area contributed by atoms with Gasteiger partial charge < -0.3 is 15.2 Å². The van der Waals surface area contributed by atoms with Crippen molar-refractivity contribution in [3.63, 3.8) is 0 Å². The third kappa shape index (κ3) is 3.22. The summed E-state index contributed by atoms with van der Waals surface area (Å²) in [5.74, 6) is 1.17. The smallest absolute Gasteiger partial charge is 0.124 e. The van der Waals surface area contributed by atoms with Crippen molar-refractivity contribution in [2.45, 2.75) is 6.61 Å². The third-order valence-corrected chi connectivity index (χ3v) is 3.71. The van der Waals surface area contributed by atoms with Gasteiger partial charge in [-0.25, -0.2) is 0 Å². The van der Waals surface area contributed by atoms with Crippen LogP contribution >= 0.6 is 15.9 Å². The molecule has 0 aliphatic heterocycles. The highest BCUT2D eigenvalue weighted by atomic mass is 79.9. The first kappa shape index (κ1) is 14.2. The molecule has 0 heterocycles. The molecule has 2 rings (SSSR count). The first-order chi connectivity index (χ1) is 9.63. The van der Waals surface area contributed by atoms with Gasteiger partial charge in [-0.3, -0.25) is 0 Å². The number of anilines is 1. The van der Waals surface area contributed by atoms with E-state index in [4.69, 9.17) is 20.5 Å². The van der Waals surface area contributed by atoms with Crippen LogP contribution in [0.1, 0.15) is 11.1 Å². The summed E-state index contributed by atoms with van der Waals surface area (Å²) >= 11 is 3.43. The van der Waals surface area contributed by atoms with E-state index in [0.717, 1.165) is 10.0 Å². The van der Waals surface area contributed by atoms with Gasteiger partial charge in [0.05, 0.1) is 18.7 Å². The van der Waals surface area contributed by atoms with Crippen molar-refractivity contribution in [3.05, 3.63) is 52.0 Å². The lowest BCUT2D eigenvalue weighted by molar-refractivity contribution is 0.303. The molecular formula is C15H13BrN2O2. The monoisotopic (exact) mass is 332 g/mol.